The first-order valence-electron chi connectivity index (χ1n) is 7.57. The Morgan fingerprint density at radius 2 is 2.04 bits per heavy atom. The highest BCUT2D eigenvalue weighted by Crippen LogP contribution is 2.15. The van der Waals surface area contributed by atoms with Gasteiger partial charge < -0.3 is 4.74 Å². The van der Waals surface area contributed by atoms with Crippen LogP contribution in [0.15, 0.2) is 47.6 Å². The van der Waals surface area contributed by atoms with E-state index in [0.717, 1.165) is 11.1 Å². The zero-order valence-corrected chi connectivity index (χ0v) is 13.7. The SMILES string of the molecule is Cc1ccc(CC(=O)N/N=C\c2ccccc2OCC#N)cc1C. The van der Waals surface area contributed by atoms with Crippen molar-refractivity contribution in [3.05, 3.63) is 64.7 Å². The molecule has 0 heterocycles. The maximum absolute atomic E-state index is 12.0. The molecule has 0 saturated heterocycles. The molecule has 0 atom stereocenters. The summed E-state index contributed by atoms with van der Waals surface area (Å²) >= 11 is 0. The Morgan fingerprint density at radius 3 is 2.79 bits per heavy atom. The minimum Gasteiger partial charge on any atom is -0.478 e. The van der Waals surface area contributed by atoms with E-state index in [2.05, 4.69) is 10.5 Å². The number of carbonyl (C=O) groups excluding carboxylic acids is 1. The van der Waals surface area contributed by atoms with Crippen molar-refractivity contribution in [2.24, 2.45) is 5.10 Å². The summed E-state index contributed by atoms with van der Waals surface area (Å²) in [7, 11) is 0. The maximum Gasteiger partial charge on any atom is 0.244 e. The molecule has 0 bridgehead atoms. The minimum absolute atomic E-state index is 0.0377. The Bertz CT molecular complexity index is 791. The molecule has 1 amide bonds. The molecule has 0 saturated carbocycles. The first kappa shape index (κ1) is 17.2. The number of amides is 1. The van der Waals surface area contributed by atoms with Gasteiger partial charge in [0.15, 0.2) is 6.61 Å². The normalized spacial score (nSPS) is 10.4. The van der Waals surface area contributed by atoms with Gasteiger partial charge in [-0.3, -0.25) is 4.79 Å². The van der Waals surface area contributed by atoms with Gasteiger partial charge in [-0.15, -0.1) is 0 Å². The Hall–Kier alpha value is -3.13. The van der Waals surface area contributed by atoms with E-state index >= 15 is 0 Å². The summed E-state index contributed by atoms with van der Waals surface area (Å²) in [4.78, 5) is 12.0. The second-order valence-electron chi connectivity index (χ2n) is 5.37. The van der Waals surface area contributed by atoms with Gasteiger partial charge in [-0.2, -0.15) is 10.4 Å². The lowest BCUT2D eigenvalue weighted by atomic mass is 10.0. The van der Waals surface area contributed by atoms with Gasteiger partial charge in [0.2, 0.25) is 5.91 Å². The second kappa shape index (κ2) is 8.49. The van der Waals surface area contributed by atoms with Crippen molar-refractivity contribution in [1.29, 1.82) is 5.26 Å². The van der Waals surface area contributed by atoms with Crippen molar-refractivity contribution < 1.29 is 9.53 Å². The number of hydrazone groups is 1. The third kappa shape index (κ3) is 4.96. The molecule has 0 fully saturated rings. The monoisotopic (exact) mass is 321 g/mol. The molecule has 122 valence electrons. The number of nitriles is 1. The first-order chi connectivity index (χ1) is 11.6. The Morgan fingerprint density at radius 1 is 1.25 bits per heavy atom. The van der Waals surface area contributed by atoms with Crippen LogP contribution in [0.5, 0.6) is 5.75 Å². The molecule has 5 heteroatoms. The van der Waals surface area contributed by atoms with Crippen LogP contribution in [0.4, 0.5) is 0 Å². The number of hydrogen-bond donors (Lipinski definition) is 1. The summed E-state index contributed by atoms with van der Waals surface area (Å²) in [6.45, 7) is 4.02. The molecule has 1 N–H and O–H groups in total. The van der Waals surface area contributed by atoms with Gasteiger partial charge in [0.25, 0.3) is 0 Å². The van der Waals surface area contributed by atoms with Crippen molar-refractivity contribution in [2.75, 3.05) is 6.61 Å². The van der Waals surface area contributed by atoms with Crippen LogP contribution in [0.3, 0.4) is 0 Å². The summed E-state index contributed by atoms with van der Waals surface area (Å²) in [5.41, 5.74) is 6.51. The van der Waals surface area contributed by atoms with E-state index < -0.39 is 0 Å². The summed E-state index contributed by atoms with van der Waals surface area (Å²) in [6.07, 6.45) is 1.77. The van der Waals surface area contributed by atoms with Crippen LogP contribution in [0.2, 0.25) is 0 Å². The van der Waals surface area contributed by atoms with Crippen LogP contribution in [0, 0.1) is 25.2 Å². The van der Waals surface area contributed by atoms with Crippen LogP contribution in [-0.2, 0) is 11.2 Å². The zero-order chi connectivity index (χ0) is 17.4. The van der Waals surface area contributed by atoms with Crippen molar-refractivity contribution in [2.45, 2.75) is 20.3 Å². The summed E-state index contributed by atoms with van der Waals surface area (Å²) < 4.78 is 5.30. The molecule has 2 rings (SSSR count). The number of nitrogens with zero attached hydrogens (tertiary/aromatic N) is 2. The fourth-order valence-corrected chi connectivity index (χ4v) is 2.14. The molecular weight excluding hydrogens is 302 g/mol. The average molecular weight is 321 g/mol. The molecule has 2 aromatic carbocycles. The molecule has 0 aromatic heterocycles. The van der Waals surface area contributed by atoms with E-state index in [1.165, 1.54) is 11.8 Å². The van der Waals surface area contributed by atoms with Crippen molar-refractivity contribution in [1.82, 2.24) is 5.43 Å². The third-order valence-electron chi connectivity index (χ3n) is 3.54. The van der Waals surface area contributed by atoms with E-state index in [4.69, 9.17) is 10.00 Å². The van der Waals surface area contributed by atoms with Crippen LogP contribution >= 0.6 is 0 Å². The minimum atomic E-state index is -0.190. The van der Waals surface area contributed by atoms with Gasteiger partial charge in [-0.05, 0) is 42.7 Å². The standard InChI is InChI=1S/C19H19N3O2/c1-14-7-8-16(11-15(14)2)12-19(23)22-21-13-17-5-3-4-6-18(17)24-10-9-20/h3-8,11,13H,10,12H2,1-2H3,(H,22,23)/b21-13-. The number of carbonyl (C=O) groups is 1. The van der Waals surface area contributed by atoms with Gasteiger partial charge in [0, 0.05) is 5.56 Å². The highest BCUT2D eigenvalue weighted by Gasteiger charge is 2.04. The fourth-order valence-electron chi connectivity index (χ4n) is 2.14. The molecule has 0 radical (unpaired) electrons. The average Bonchev–Trinajstić information content (AvgIpc) is 2.57. The predicted octanol–water partition coefficient (Wildman–Crippen LogP) is 2.90. The molecule has 0 aliphatic carbocycles. The van der Waals surface area contributed by atoms with Crippen LogP contribution in [-0.4, -0.2) is 18.7 Å². The van der Waals surface area contributed by atoms with Crippen LogP contribution in [0.25, 0.3) is 0 Å². The largest absolute Gasteiger partial charge is 0.478 e. The number of nitrogens with one attached hydrogen (secondary N) is 1. The summed E-state index contributed by atoms with van der Waals surface area (Å²) in [5, 5.41) is 12.5. The number of benzene rings is 2. The number of hydrogen-bond acceptors (Lipinski definition) is 4. The van der Waals surface area contributed by atoms with Gasteiger partial charge in [-0.25, -0.2) is 5.43 Å². The Balaban J connectivity index is 1.95. The first-order valence-corrected chi connectivity index (χ1v) is 7.57. The fraction of sp³-hybridized carbons (Fsp3) is 0.211. The number of rotatable bonds is 6. The van der Waals surface area contributed by atoms with Crippen molar-refractivity contribution >= 4 is 12.1 Å². The number of aryl methyl sites for hydroxylation is 2. The van der Waals surface area contributed by atoms with E-state index in [9.17, 15) is 4.79 Å². The molecule has 0 spiro atoms. The molecular formula is C19H19N3O2. The Kier molecular flexibility index (Phi) is 6.09. The molecule has 0 aliphatic rings. The third-order valence-corrected chi connectivity index (χ3v) is 3.54. The van der Waals surface area contributed by atoms with Crippen LogP contribution < -0.4 is 10.2 Å². The number of ether oxygens (including phenoxy) is 1. The zero-order valence-electron chi connectivity index (χ0n) is 13.7. The maximum atomic E-state index is 12.0. The van der Waals surface area contributed by atoms with Crippen molar-refractivity contribution in [3.63, 3.8) is 0 Å². The van der Waals surface area contributed by atoms with Gasteiger partial charge >= 0.3 is 0 Å². The highest BCUT2D eigenvalue weighted by molar-refractivity contribution is 5.85. The van der Waals surface area contributed by atoms with Gasteiger partial charge in [-0.1, -0.05) is 30.3 Å². The van der Waals surface area contributed by atoms with E-state index in [0.29, 0.717) is 11.3 Å². The van der Waals surface area contributed by atoms with Gasteiger partial charge in [0.1, 0.15) is 11.8 Å². The lowest BCUT2D eigenvalue weighted by molar-refractivity contribution is -0.120. The quantitative estimate of drug-likeness (QED) is 0.656. The molecule has 5 nitrogen and oxygen atoms in total. The van der Waals surface area contributed by atoms with Gasteiger partial charge in [0.05, 0.1) is 12.6 Å². The molecule has 0 aliphatic heterocycles. The van der Waals surface area contributed by atoms with E-state index in [1.807, 2.05) is 50.2 Å². The predicted molar refractivity (Wildman–Crippen MR) is 92.9 cm³/mol. The lowest BCUT2D eigenvalue weighted by Crippen LogP contribution is -2.19. The number of para-hydroxylation sites is 1. The van der Waals surface area contributed by atoms with Crippen molar-refractivity contribution in [3.8, 4) is 11.8 Å². The summed E-state index contributed by atoms with van der Waals surface area (Å²) in [6, 6.07) is 15.0. The lowest BCUT2D eigenvalue weighted by Gasteiger charge is -2.06. The summed E-state index contributed by atoms with van der Waals surface area (Å²) in [5.74, 6) is 0.358. The van der Waals surface area contributed by atoms with Crippen LogP contribution in [0.1, 0.15) is 22.3 Å². The van der Waals surface area contributed by atoms with E-state index in [-0.39, 0.29) is 18.9 Å². The Labute approximate surface area is 141 Å². The smallest absolute Gasteiger partial charge is 0.244 e. The topological polar surface area (TPSA) is 74.5 Å². The molecule has 0 unspecified atom stereocenters. The van der Waals surface area contributed by atoms with E-state index in [1.54, 1.807) is 12.1 Å². The molecule has 24 heavy (non-hydrogen) atoms. The second-order valence-corrected chi connectivity index (χ2v) is 5.37. The molecule has 2 aromatic rings. The highest BCUT2D eigenvalue weighted by atomic mass is 16.5.